The number of alkyl halides is 6. The molecule has 0 radical (unpaired) electrons. The van der Waals surface area contributed by atoms with E-state index >= 15 is 0 Å². The number of rotatable bonds is 3. The molecule has 37 heavy (non-hydrogen) atoms. The summed E-state index contributed by atoms with van der Waals surface area (Å²) < 4.78 is 74.9. The number of carbonyl (C=O) groups is 2. The minimum Gasteiger partial charge on any atom is -0.475 e. The second-order valence-electron chi connectivity index (χ2n) is 8.07. The maximum Gasteiger partial charge on any atom is 0.490 e. The zero-order valence-corrected chi connectivity index (χ0v) is 19.2. The highest BCUT2D eigenvalue weighted by Crippen LogP contribution is 2.31. The maximum atomic E-state index is 10.6. The fourth-order valence-electron chi connectivity index (χ4n) is 3.69. The molecule has 2 fully saturated rings. The Labute approximate surface area is 206 Å². The van der Waals surface area contributed by atoms with Gasteiger partial charge >= 0.3 is 24.3 Å². The first kappa shape index (κ1) is 29.8. The number of hydrogen-bond donors (Lipinski definition) is 2. The molecular weight excluding hydrogens is 518 g/mol. The smallest absolute Gasteiger partial charge is 0.475 e. The number of halogens is 6. The van der Waals surface area contributed by atoms with Crippen molar-refractivity contribution in [3.63, 3.8) is 0 Å². The lowest BCUT2D eigenvalue weighted by atomic mass is 9.90. The summed E-state index contributed by atoms with van der Waals surface area (Å²) in [7, 11) is 0. The van der Waals surface area contributed by atoms with E-state index in [1.807, 2.05) is 18.5 Å². The second kappa shape index (κ2) is 12.7. The molecule has 2 aromatic rings. The standard InChI is InChI=1S/C17H22N4O2.2C2HF3O2/c1-3-17(14-21(6-1)16-10-18-4-5-19-16)13-20(7-9-23-17)11-15-2-8-22-12-15;2*3-2(4,5)1(6)7/h2,4-5,8,10,12H,1,3,6-7,9,11,13-14H2;2*(H,6,7). The largest absolute Gasteiger partial charge is 0.490 e. The van der Waals surface area contributed by atoms with E-state index in [9.17, 15) is 26.3 Å². The van der Waals surface area contributed by atoms with Gasteiger partial charge in [0.2, 0.25) is 0 Å². The van der Waals surface area contributed by atoms with Crippen LogP contribution in [0.15, 0.2) is 41.6 Å². The van der Waals surface area contributed by atoms with Crippen molar-refractivity contribution in [3.05, 3.63) is 42.7 Å². The molecule has 10 nitrogen and oxygen atoms in total. The summed E-state index contributed by atoms with van der Waals surface area (Å²) in [6.45, 7) is 5.53. The van der Waals surface area contributed by atoms with Gasteiger partial charge < -0.3 is 24.3 Å². The summed E-state index contributed by atoms with van der Waals surface area (Å²) in [6.07, 6.45) is 0.931. The first-order valence-corrected chi connectivity index (χ1v) is 10.7. The van der Waals surface area contributed by atoms with Gasteiger partial charge in [-0.05, 0) is 18.9 Å². The molecular formula is C21H24F6N4O6. The summed E-state index contributed by atoms with van der Waals surface area (Å²) in [5.41, 5.74) is 1.13. The summed E-state index contributed by atoms with van der Waals surface area (Å²) in [5, 5.41) is 14.2. The Hall–Kier alpha value is -3.40. The number of furan rings is 1. The summed E-state index contributed by atoms with van der Waals surface area (Å²) >= 11 is 0. The van der Waals surface area contributed by atoms with Crippen LogP contribution in [-0.2, 0) is 20.9 Å². The van der Waals surface area contributed by atoms with E-state index in [0.717, 1.165) is 58.0 Å². The van der Waals surface area contributed by atoms with Gasteiger partial charge in [-0.3, -0.25) is 9.88 Å². The van der Waals surface area contributed by atoms with Gasteiger partial charge in [0.25, 0.3) is 0 Å². The van der Waals surface area contributed by atoms with Crippen LogP contribution in [-0.4, -0.2) is 87.8 Å². The highest BCUT2D eigenvalue weighted by Gasteiger charge is 2.41. The molecule has 206 valence electrons. The summed E-state index contributed by atoms with van der Waals surface area (Å²) in [5.74, 6) is -4.57. The van der Waals surface area contributed by atoms with Gasteiger partial charge in [0.05, 0.1) is 30.9 Å². The zero-order valence-electron chi connectivity index (χ0n) is 19.2. The molecule has 4 heterocycles. The predicted molar refractivity (Wildman–Crippen MR) is 114 cm³/mol. The van der Waals surface area contributed by atoms with Crippen molar-refractivity contribution < 1.29 is 55.3 Å². The number of hydrogen-bond acceptors (Lipinski definition) is 8. The average molecular weight is 542 g/mol. The number of anilines is 1. The minimum absolute atomic E-state index is 0.0994. The van der Waals surface area contributed by atoms with Gasteiger partial charge in [0.1, 0.15) is 5.82 Å². The first-order chi connectivity index (χ1) is 17.2. The van der Waals surface area contributed by atoms with Gasteiger partial charge in [-0.15, -0.1) is 0 Å². The Morgan fingerprint density at radius 2 is 1.68 bits per heavy atom. The van der Waals surface area contributed by atoms with Crippen LogP contribution >= 0.6 is 0 Å². The lowest BCUT2D eigenvalue weighted by molar-refractivity contribution is -0.193. The van der Waals surface area contributed by atoms with Crippen LogP contribution in [0.2, 0.25) is 0 Å². The second-order valence-corrected chi connectivity index (χ2v) is 8.07. The predicted octanol–water partition coefficient (Wildman–Crippen LogP) is 3.21. The number of piperidine rings is 1. The number of aliphatic carboxylic acids is 2. The lowest BCUT2D eigenvalue weighted by Gasteiger charge is -2.48. The van der Waals surface area contributed by atoms with Gasteiger partial charge in [-0.1, -0.05) is 0 Å². The molecule has 2 N–H and O–H groups in total. The molecule has 0 aliphatic carbocycles. The molecule has 1 unspecified atom stereocenters. The Morgan fingerprint density at radius 3 is 2.19 bits per heavy atom. The van der Waals surface area contributed by atoms with Crippen molar-refractivity contribution in [3.8, 4) is 0 Å². The molecule has 1 spiro atoms. The first-order valence-electron chi connectivity index (χ1n) is 10.7. The van der Waals surface area contributed by atoms with Crippen molar-refractivity contribution in [2.75, 3.05) is 37.7 Å². The zero-order chi connectivity index (χ0) is 27.7. The van der Waals surface area contributed by atoms with E-state index in [1.54, 1.807) is 18.7 Å². The Balaban J connectivity index is 0.000000286. The molecule has 0 aromatic carbocycles. The molecule has 2 aliphatic rings. The van der Waals surface area contributed by atoms with Crippen LogP contribution in [0.3, 0.4) is 0 Å². The van der Waals surface area contributed by atoms with Gasteiger partial charge in [0, 0.05) is 50.7 Å². The van der Waals surface area contributed by atoms with Crippen LogP contribution in [0.4, 0.5) is 32.2 Å². The van der Waals surface area contributed by atoms with Crippen LogP contribution in [0, 0.1) is 0 Å². The molecule has 2 aliphatic heterocycles. The molecule has 0 amide bonds. The fraction of sp³-hybridized carbons (Fsp3) is 0.524. The third-order valence-electron chi connectivity index (χ3n) is 5.21. The van der Waals surface area contributed by atoms with E-state index in [2.05, 4.69) is 19.8 Å². The average Bonchev–Trinajstić information content (AvgIpc) is 3.32. The lowest BCUT2D eigenvalue weighted by Crippen LogP contribution is -2.59. The minimum atomic E-state index is -5.08. The van der Waals surface area contributed by atoms with E-state index < -0.39 is 24.3 Å². The van der Waals surface area contributed by atoms with E-state index in [-0.39, 0.29) is 5.60 Å². The Kier molecular flexibility index (Phi) is 10.2. The number of aromatic nitrogens is 2. The van der Waals surface area contributed by atoms with Crippen LogP contribution in [0.25, 0.3) is 0 Å². The van der Waals surface area contributed by atoms with Crippen LogP contribution < -0.4 is 4.90 Å². The molecule has 0 bridgehead atoms. The summed E-state index contributed by atoms with van der Waals surface area (Å²) in [4.78, 5) is 31.2. The molecule has 2 aromatic heterocycles. The number of morpholine rings is 1. The van der Waals surface area contributed by atoms with Gasteiger partial charge in [0.15, 0.2) is 0 Å². The van der Waals surface area contributed by atoms with Crippen molar-refractivity contribution in [2.45, 2.75) is 37.3 Å². The van der Waals surface area contributed by atoms with E-state index in [1.165, 1.54) is 5.56 Å². The maximum absolute atomic E-state index is 10.6. The van der Waals surface area contributed by atoms with Crippen LogP contribution in [0.5, 0.6) is 0 Å². The van der Waals surface area contributed by atoms with Crippen LogP contribution in [0.1, 0.15) is 18.4 Å². The molecule has 2 saturated heterocycles. The fourth-order valence-corrected chi connectivity index (χ4v) is 3.69. The highest BCUT2D eigenvalue weighted by atomic mass is 19.4. The third-order valence-corrected chi connectivity index (χ3v) is 5.21. The highest BCUT2D eigenvalue weighted by molar-refractivity contribution is 5.73. The van der Waals surface area contributed by atoms with Gasteiger partial charge in [-0.25, -0.2) is 14.6 Å². The van der Waals surface area contributed by atoms with Crippen molar-refractivity contribution in [1.82, 2.24) is 14.9 Å². The monoisotopic (exact) mass is 542 g/mol. The van der Waals surface area contributed by atoms with E-state index in [4.69, 9.17) is 29.0 Å². The van der Waals surface area contributed by atoms with Crippen molar-refractivity contribution in [1.29, 1.82) is 0 Å². The molecule has 0 saturated carbocycles. The summed E-state index contributed by atoms with van der Waals surface area (Å²) in [6, 6.07) is 2.04. The number of carboxylic acid groups (broad SMARTS) is 2. The normalized spacial score (nSPS) is 20.3. The molecule has 16 heteroatoms. The van der Waals surface area contributed by atoms with E-state index in [0.29, 0.717) is 0 Å². The van der Waals surface area contributed by atoms with Crippen molar-refractivity contribution in [2.24, 2.45) is 0 Å². The number of nitrogens with zero attached hydrogens (tertiary/aromatic N) is 4. The third kappa shape index (κ3) is 9.87. The molecule has 4 rings (SSSR count). The number of ether oxygens (including phenoxy) is 1. The quantitative estimate of drug-likeness (QED) is 0.558. The Morgan fingerprint density at radius 1 is 1.03 bits per heavy atom. The number of carboxylic acids is 2. The Bertz CT molecular complexity index is 962. The molecule has 1 atom stereocenters. The SMILES string of the molecule is O=C(O)C(F)(F)F.O=C(O)C(F)(F)F.c1cnc(N2CCCC3(CN(Cc4ccoc4)CCO3)C2)cn1. The topological polar surface area (TPSA) is 129 Å². The van der Waals surface area contributed by atoms with Gasteiger partial charge in [-0.2, -0.15) is 26.3 Å². The van der Waals surface area contributed by atoms with Crippen molar-refractivity contribution >= 4 is 17.8 Å².